The van der Waals surface area contributed by atoms with Crippen molar-refractivity contribution in [2.45, 2.75) is 31.6 Å². The maximum Gasteiger partial charge on any atom is 0.240 e. The molecule has 5 nitrogen and oxygen atoms in total. The van der Waals surface area contributed by atoms with Gasteiger partial charge in [0.2, 0.25) is 10.0 Å². The highest BCUT2D eigenvalue weighted by molar-refractivity contribution is 7.89. The first-order chi connectivity index (χ1) is 8.94. The van der Waals surface area contributed by atoms with Gasteiger partial charge in [-0.3, -0.25) is 0 Å². The van der Waals surface area contributed by atoms with Crippen LogP contribution in [0.15, 0.2) is 23.1 Å². The van der Waals surface area contributed by atoms with Crippen molar-refractivity contribution in [3.05, 3.63) is 18.2 Å². The summed E-state index contributed by atoms with van der Waals surface area (Å²) < 4.78 is 25.8. The lowest BCUT2D eigenvalue weighted by molar-refractivity contribution is 0.519. The summed E-state index contributed by atoms with van der Waals surface area (Å²) in [5.74, 6) is 0.559. The number of hydrogen-bond donors (Lipinski definition) is 3. The van der Waals surface area contributed by atoms with E-state index >= 15 is 0 Å². The smallest absolute Gasteiger partial charge is 0.240 e. The third-order valence-corrected chi connectivity index (χ3v) is 4.75. The van der Waals surface area contributed by atoms with Crippen LogP contribution in [0, 0.1) is 5.92 Å². The van der Waals surface area contributed by atoms with E-state index in [2.05, 4.69) is 23.9 Å². The van der Waals surface area contributed by atoms with Gasteiger partial charge < -0.3 is 11.1 Å². The fourth-order valence-electron chi connectivity index (χ4n) is 1.81. The van der Waals surface area contributed by atoms with Crippen molar-refractivity contribution in [3.63, 3.8) is 0 Å². The molecule has 4 N–H and O–H groups in total. The van der Waals surface area contributed by atoms with Gasteiger partial charge >= 0.3 is 0 Å². The molecule has 0 bridgehead atoms. The van der Waals surface area contributed by atoms with Crippen LogP contribution in [-0.4, -0.2) is 22.0 Å². The lowest BCUT2D eigenvalue weighted by Crippen LogP contribution is -2.19. The van der Waals surface area contributed by atoms with Crippen LogP contribution in [0.3, 0.4) is 0 Å². The zero-order valence-corrected chi connectivity index (χ0v) is 12.5. The second kappa shape index (κ2) is 6.77. The predicted molar refractivity (Wildman–Crippen MR) is 79.7 cm³/mol. The summed E-state index contributed by atoms with van der Waals surface area (Å²) in [4.78, 5) is 0.219. The first kappa shape index (κ1) is 15.8. The standard InChI is InChI=1S/C13H23N3O2S/c1-4-10(5-2)9-16-13-8-11(6-7-12(13)14)19(17,18)15-3/h6-8,10,15-16H,4-5,9,14H2,1-3H3. The van der Waals surface area contributed by atoms with Gasteiger partial charge in [0, 0.05) is 6.54 Å². The van der Waals surface area contributed by atoms with E-state index in [-0.39, 0.29) is 4.90 Å². The molecule has 0 fully saturated rings. The van der Waals surface area contributed by atoms with E-state index in [0.29, 0.717) is 17.3 Å². The maximum atomic E-state index is 11.7. The Kier molecular flexibility index (Phi) is 5.62. The van der Waals surface area contributed by atoms with Crippen LogP contribution in [-0.2, 0) is 10.0 Å². The molecule has 0 saturated heterocycles. The molecule has 1 aromatic rings. The van der Waals surface area contributed by atoms with Gasteiger partial charge in [-0.05, 0) is 31.2 Å². The highest BCUT2D eigenvalue weighted by atomic mass is 32.2. The SMILES string of the molecule is CCC(CC)CNc1cc(S(=O)(=O)NC)ccc1N. The van der Waals surface area contributed by atoms with Gasteiger partial charge in [0.1, 0.15) is 0 Å². The van der Waals surface area contributed by atoms with E-state index in [9.17, 15) is 8.42 Å². The molecule has 0 saturated carbocycles. The summed E-state index contributed by atoms with van der Waals surface area (Å²) >= 11 is 0. The summed E-state index contributed by atoms with van der Waals surface area (Å²) in [6, 6.07) is 4.69. The summed E-state index contributed by atoms with van der Waals surface area (Å²) in [7, 11) is -2.04. The largest absolute Gasteiger partial charge is 0.397 e. The number of nitrogen functional groups attached to an aromatic ring is 1. The molecule has 0 aliphatic heterocycles. The van der Waals surface area contributed by atoms with Crippen molar-refractivity contribution in [2.75, 3.05) is 24.6 Å². The molecule has 6 heteroatoms. The van der Waals surface area contributed by atoms with E-state index in [1.165, 1.54) is 13.1 Å². The number of nitrogens with two attached hydrogens (primary N) is 1. The van der Waals surface area contributed by atoms with Crippen LogP contribution >= 0.6 is 0 Å². The Bertz CT molecular complexity index is 511. The van der Waals surface area contributed by atoms with Crippen LogP contribution in [0.4, 0.5) is 11.4 Å². The summed E-state index contributed by atoms with van der Waals surface area (Å²) in [6.07, 6.45) is 2.16. The van der Waals surface area contributed by atoms with E-state index < -0.39 is 10.0 Å². The Morgan fingerprint density at radius 1 is 1.26 bits per heavy atom. The molecule has 0 aromatic heterocycles. The Hall–Kier alpha value is -1.27. The molecule has 0 aliphatic rings. The summed E-state index contributed by atoms with van der Waals surface area (Å²) in [6.45, 7) is 5.07. The van der Waals surface area contributed by atoms with Gasteiger partial charge in [-0.2, -0.15) is 0 Å². The van der Waals surface area contributed by atoms with Crippen LogP contribution in [0.2, 0.25) is 0 Å². The fourth-order valence-corrected chi connectivity index (χ4v) is 2.56. The topological polar surface area (TPSA) is 84.2 Å². The first-order valence-corrected chi connectivity index (χ1v) is 7.99. The highest BCUT2D eigenvalue weighted by Crippen LogP contribution is 2.23. The quantitative estimate of drug-likeness (QED) is 0.669. The molecule has 19 heavy (non-hydrogen) atoms. The van der Waals surface area contributed by atoms with Crippen molar-refractivity contribution in [1.29, 1.82) is 0 Å². The molecule has 108 valence electrons. The number of benzene rings is 1. The van der Waals surface area contributed by atoms with Crippen LogP contribution < -0.4 is 15.8 Å². The molecule has 0 unspecified atom stereocenters. The number of sulfonamides is 1. The Balaban J connectivity index is 2.92. The van der Waals surface area contributed by atoms with Gasteiger partial charge in [-0.15, -0.1) is 0 Å². The molecule has 0 aliphatic carbocycles. The minimum absolute atomic E-state index is 0.219. The summed E-state index contributed by atoms with van der Waals surface area (Å²) in [5, 5.41) is 3.23. The van der Waals surface area contributed by atoms with E-state index in [4.69, 9.17) is 5.73 Å². The third-order valence-electron chi connectivity index (χ3n) is 3.34. The molecule has 0 spiro atoms. The minimum atomic E-state index is -3.43. The first-order valence-electron chi connectivity index (χ1n) is 6.51. The van der Waals surface area contributed by atoms with Crippen LogP contribution in [0.5, 0.6) is 0 Å². The lowest BCUT2D eigenvalue weighted by Gasteiger charge is -2.16. The molecule has 0 heterocycles. The molecule has 0 amide bonds. The normalized spacial score (nSPS) is 11.8. The van der Waals surface area contributed by atoms with Gasteiger partial charge in [0.05, 0.1) is 16.3 Å². The average Bonchev–Trinajstić information content (AvgIpc) is 2.41. The van der Waals surface area contributed by atoms with Gasteiger partial charge in [-0.25, -0.2) is 13.1 Å². The second-order valence-corrected chi connectivity index (χ2v) is 6.41. The summed E-state index contributed by atoms with van der Waals surface area (Å²) in [5.41, 5.74) is 7.09. The molecule has 1 rings (SSSR count). The van der Waals surface area contributed by atoms with Crippen molar-refractivity contribution in [2.24, 2.45) is 5.92 Å². The molecule has 0 radical (unpaired) electrons. The Morgan fingerprint density at radius 2 is 1.89 bits per heavy atom. The minimum Gasteiger partial charge on any atom is -0.397 e. The highest BCUT2D eigenvalue weighted by Gasteiger charge is 2.13. The fraction of sp³-hybridized carbons (Fsp3) is 0.538. The number of rotatable bonds is 7. The number of anilines is 2. The van der Waals surface area contributed by atoms with Crippen molar-refractivity contribution < 1.29 is 8.42 Å². The van der Waals surface area contributed by atoms with Crippen molar-refractivity contribution >= 4 is 21.4 Å². The number of hydrogen-bond acceptors (Lipinski definition) is 4. The van der Waals surface area contributed by atoms with Crippen LogP contribution in [0.1, 0.15) is 26.7 Å². The van der Waals surface area contributed by atoms with Gasteiger partial charge in [-0.1, -0.05) is 26.7 Å². The number of nitrogens with one attached hydrogen (secondary N) is 2. The monoisotopic (exact) mass is 285 g/mol. The third kappa shape index (κ3) is 4.11. The average molecular weight is 285 g/mol. The Labute approximate surface area is 115 Å². The molecule has 1 aromatic carbocycles. The lowest BCUT2D eigenvalue weighted by atomic mass is 10.0. The molecular formula is C13H23N3O2S. The van der Waals surface area contributed by atoms with Crippen molar-refractivity contribution in [3.8, 4) is 0 Å². The molecule has 0 atom stereocenters. The second-order valence-electron chi connectivity index (χ2n) is 4.52. The van der Waals surface area contributed by atoms with Crippen LogP contribution in [0.25, 0.3) is 0 Å². The van der Waals surface area contributed by atoms with E-state index in [1.807, 2.05) is 0 Å². The Morgan fingerprint density at radius 3 is 2.42 bits per heavy atom. The van der Waals surface area contributed by atoms with Gasteiger partial charge in [0.15, 0.2) is 0 Å². The molecular weight excluding hydrogens is 262 g/mol. The zero-order chi connectivity index (χ0) is 14.5. The predicted octanol–water partition coefficient (Wildman–Crippen LogP) is 2.02. The van der Waals surface area contributed by atoms with Crippen molar-refractivity contribution in [1.82, 2.24) is 4.72 Å². The van der Waals surface area contributed by atoms with E-state index in [0.717, 1.165) is 19.4 Å². The van der Waals surface area contributed by atoms with E-state index in [1.54, 1.807) is 12.1 Å². The van der Waals surface area contributed by atoms with Gasteiger partial charge in [0.25, 0.3) is 0 Å². The maximum absolute atomic E-state index is 11.7. The zero-order valence-electron chi connectivity index (χ0n) is 11.7.